The highest BCUT2D eigenvalue weighted by Crippen LogP contribution is 2.32. The summed E-state index contributed by atoms with van der Waals surface area (Å²) in [4.78, 5) is 4.43. The predicted molar refractivity (Wildman–Crippen MR) is 75.8 cm³/mol. The Kier molecular flexibility index (Phi) is 4.03. The van der Waals surface area contributed by atoms with E-state index in [1.54, 1.807) is 0 Å². The van der Waals surface area contributed by atoms with Crippen LogP contribution in [-0.4, -0.2) is 21.4 Å². The van der Waals surface area contributed by atoms with E-state index < -0.39 is 0 Å². The number of aliphatic hydroxyl groups is 1. The van der Waals surface area contributed by atoms with Gasteiger partial charge < -0.3 is 9.63 Å². The maximum atomic E-state index is 10.0. The average Bonchev–Trinajstić information content (AvgIpc) is 2.90. The van der Waals surface area contributed by atoms with Crippen molar-refractivity contribution in [1.82, 2.24) is 10.1 Å². The van der Waals surface area contributed by atoms with Crippen molar-refractivity contribution < 1.29 is 9.63 Å². The van der Waals surface area contributed by atoms with Crippen molar-refractivity contribution in [3.05, 3.63) is 46.6 Å². The summed E-state index contributed by atoms with van der Waals surface area (Å²) in [5.74, 6) is 1.22. The SMILES string of the molecule is OC1CCCCC1c1nc(Cc2ccc(Cl)cc2)no1. The molecule has 1 aliphatic carbocycles. The molecule has 2 unspecified atom stereocenters. The van der Waals surface area contributed by atoms with Gasteiger partial charge in [0.05, 0.1) is 12.0 Å². The molecule has 1 aromatic carbocycles. The minimum absolute atomic E-state index is 0.00443. The highest BCUT2D eigenvalue weighted by molar-refractivity contribution is 6.30. The van der Waals surface area contributed by atoms with E-state index in [-0.39, 0.29) is 12.0 Å². The molecule has 106 valence electrons. The zero-order valence-electron chi connectivity index (χ0n) is 11.1. The summed E-state index contributed by atoms with van der Waals surface area (Å²) in [7, 11) is 0. The van der Waals surface area contributed by atoms with Gasteiger partial charge in [0.15, 0.2) is 5.82 Å². The van der Waals surface area contributed by atoms with Crippen LogP contribution in [0.25, 0.3) is 0 Å². The fourth-order valence-corrected chi connectivity index (χ4v) is 2.80. The second-order valence-electron chi connectivity index (χ2n) is 5.31. The van der Waals surface area contributed by atoms with E-state index in [1.165, 1.54) is 0 Å². The Hall–Kier alpha value is -1.39. The summed E-state index contributed by atoms with van der Waals surface area (Å²) in [6, 6.07) is 7.60. The van der Waals surface area contributed by atoms with Gasteiger partial charge in [-0.2, -0.15) is 4.98 Å². The van der Waals surface area contributed by atoms with Crippen molar-refractivity contribution in [2.75, 3.05) is 0 Å². The number of rotatable bonds is 3. The molecule has 1 N–H and O–H groups in total. The van der Waals surface area contributed by atoms with E-state index in [0.29, 0.717) is 23.2 Å². The molecule has 0 bridgehead atoms. The largest absolute Gasteiger partial charge is 0.392 e. The van der Waals surface area contributed by atoms with E-state index >= 15 is 0 Å². The highest BCUT2D eigenvalue weighted by atomic mass is 35.5. The molecule has 0 radical (unpaired) electrons. The Bertz CT molecular complexity index is 568. The van der Waals surface area contributed by atoms with Crippen molar-refractivity contribution in [2.45, 2.75) is 44.1 Å². The first-order valence-electron chi connectivity index (χ1n) is 6.97. The number of aromatic nitrogens is 2. The van der Waals surface area contributed by atoms with Gasteiger partial charge in [-0.15, -0.1) is 0 Å². The third kappa shape index (κ3) is 3.02. The molecule has 1 aliphatic rings. The van der Waals surface area contributed by atoms with Crippen LogP contribution in [0.5, 0.6) is 0 Å². The summed E-state index contributed by atoms with van der Waals surface area (Å²) in [5, 5.41) is 14.7. The van der Waals surface area contributed by atoms with E-state index in [9.17, 15) is 5.11 Å². The lowest BCUT2D eigenvalue weighted by molar-refractivity contribution is 0.0908. The van der Waals surface area contributed by atoms with Crippen molar-refractivity contribution in [2.24, 2.45) is 0 Å². The normalized spacial score (nSPS) is 22.9. The van der Waals surface area contributed by atoms with Gasteiger partial charge in [0.1, 0.15) is 0 Å². The zero-order chi connectivity index (χ0) is 13.9. The Balaban J connectivity index is 1.71. The summed E-state index contributed by atoms with van der Waals surface area (Å²) < 4.78 is 5.32. The molecule has 2 atom stereocenters. The molecule has 3 rings (SSSR count). The molecule has 1 aromatic heterocycles. The van der Waals surface area contributed by atoms with Crippen molar-refractivity contribution >= 4 is 11.6 Å². The van der Waals surface area contributed by atoms with Gasteiger partial charge in [0.2, 0.25) is 5.89 Å². The van der Waals surface area contributed by atoms with Gasteiger partial charge in [0, 0.05) is 11.4 Å². The zero-order valence-corrected chi connectivity index (χ0v) is 11.9. The van der Waals surface area contributed by atoms with E-state index in [1.807, 2.05) is 24.3 Å². The second-order valence-corrected chi connectivity index (χ2v) is 5.75. The first-order chi connectivity index (χ1) is 9.72. The number of halogens is 1. The number of benzene rings is 1. The van der Waals surface area contributed by atoms with E-state index in [2.05, 4.69) is 10.1 Å². The fraction of sp³-hybridized carbons (Fsp3) is 0.467. The highest BCUT2D eigenvalue weighted by Gasteiger charge is 2.29. The second kappa shape index (κ2) is 5.94. The minimum Gasteiger partial charge on any atom is -0.392 e. The molecule has 0 saturated heterocycles. The molecule has 0 spiro atoms. The molecule has 1 heterocycles. The minimum atomic E-state index is -0.354. The lowest BCUT2D eigenvalue weighted by atomic mass is 9.86. The Labute approximate surface area is 122 Å². The fourth-order valence-electron chi connectivity index (χ4n) is 2.67. The summed E-state index contributed by atoms with van der Waals surface area (Å²) in [5.41, 5.74) is 1.09. The topological polar surface area (TPSA) is 59.2 Å². The van der Waals surface area contributed by atoms with Crippen molar-refractivity contribution in [3.8, 4) is 0 Å². The number of nitrogens with zero attached hydrogens (tertiary/aromatic N) is 2. The molecular formula is C15H17ClN2O2. The predicted octanol–water partition coefficient (Wildman–Crippen LogP) is 3.33. The molecule has 0 aliphatic heterocycles. The first-order valence-corrected chi connectivity index (χ1v) is 7.35. The van der Waals surface area contributed by atoms with Gasteiger partial charge >= 0.3 is 0 Å². The molecular weight excluding hydrogens is 276 g/mol. The Morgan fingerprint density at radius 2 is 1.95 bits per heavy atom. The van der Waals surface area contributed by atoms with Gasteiger partial charge in [-0.25, -0.2) is 0 Å². The average molecular weight is 293 g/mol. The van der Waals surface area contributed by atoms with Gasteiger partial charge in [0.25, 0.3) is 0 Å². The lowest BCUT2D eigenvalue weighted by Crippen LogP contribution is -2.22. The number of aliphatic hydroxyl groups excluding tert-OH is 1. The summed E-state index contributed by atoms with van der Waals surface area (Å²) >= 11 is 5.86. The standard InChI is InChI=1S/C15H17ClN2O2/c16-11-7-5-10(6-8-11)9-14-17-15(20-18-14)12-3-1-2-4-13(12)19/h5-8,12-13,19H,1-4,9H2. The third-order valence-electron chi connectivity index (χ3n) is 3.81. The Morgan fingerprint density at radius 1 is 1.20 bits per heavy atom. The quantitative estimate of drug-likeness (QED) is 0.942. The van der Waals surface area contributed by atoms with Crippen molar-refractivity contribution in [3.63, 3.8) is 0 Å². The number of hydrogen-bond acceptors (Lipinski definition) is 4. The monoisotopic (exact) mass is 292 g/mol. The van der Waals surface area contributed by atoms with Gasteiger partial charge in [-0.05, 0) is 30.5 Å². The van der Waals surface area contributed by atoms with Crippen molar-refractivity contribution in [1.29, 1.82) is 0 Å². The van der Waals surface area contributed by atoms with Crippen LogP contribution < -0.4 is 0 Å². The maximum absolute atomic E-state index is 10.0. The van der Waals surface area contributed by atoms with Gasteiger partial charge in [-0.1, -0.05) is 41.7 Å². The molecule has 20 heavy (non-hydrogen) atoms. The number of hydrogen-bond donors (Lipinski definition) is 1. The molecule has 0 amide bonds. The van der Waals surface area contributed by atoms with E-state index in [4.69, 9.17) is 16.1 Å². The van der Waals surface area contributed by atoms with Crippen LogP contribution in [-0.2, 0) is 6.42 Å². The first kappa shape index (κ1) is 13.6. The molecule has 2 aromatic rings. The smallest absolute Gasteiger partial charge is 0.232 e. The van der Waals surface area contributed by atoms with Crippen LogP contribution in [0.15, 0.2) is 28.8 Å². The van der Waals surface area contributed by atoms with Crippen LogP contribution in [0.1, 0.15) is 48.9 Å². The Morgan fingerprint density at radius 3 is 2.70 bits per heavy atom. The molecule has 5 heteroatoms. The summed E-state index contributed by atoms with van der Waals surface area (Å²) in [6.45, 7) is 0. The third-order valence-corrected chi connectivity index (χ3v) is 4.06. The van der Waals surface area contributed by atoms with Crippen LogP contribution in [0.2, 0.25) is 5.02 Å². The maximum Gasteiger partial charge on any atom is 0.232 e. The summed E-state index contributed by atoms with van der Waals surface area (Å²) in [6.07, 6.45) is 4.18. The molecule has 1 saturated carbocycles. The van der Waals surface area contributed by atoms with Gasteiger partial charge in [-0.3, -0.25) is 0 Å². The lowest BCUT2D eigenvalue weighted by Gasteiger charge is -2.24. The van der Waals surface area contributed by atoms with Crippen LogP contribution in [0.4, 0.5) is 0 Å². The van der Waals surface area contributed by atoms with Crippen LogP contribution in [0, 0.1) is 0 Å². The molecule has 1 fully saturated rings. The molecule has 4 nitrogen and oxygen atoms in total. The van der Waals surface area contributed by atoms with E-state index in [0.717, 1.165) is 31.2 Å². The van der Waals surface area contributed by atoms with Crippen LogP contribution in [0.3, 0.4) is 0 Å². The van der Waals surface area contributed by atoms with Crippen LogP contribution >= 0.6 is 11.6 Å².